The van der Waals surface area contributed by atoms with Gasteiger partial charge in [0.05, 0.1) is 6.04 Å². The molecule has 1 aliphatic heterocycles. The molecule has 2 unspecified atom stereocenters. The van der Waals surface area contributed by atoms with Gasteiger partial charge >= 0.3 is 0 Å². The Kier molecular flexibility index (Phi) is 8.77. The van der Waals surface area contributed by atoms with Crippen LogP contribution in [0.25, 0.3) is 0 Å². The highest BCUT2D eigenvalue weighted by molar-refractivity contribution is 5.81. The second-order valence-corrected chi connectivity index (χ2v) is 10.1. The first-order valence-electron chi connectivity index (χ1n) is 13.1. The minimum Gasteiger partial charge on any atom is -0.481 e. The van der Waals surface area contributed by atoms with Crippen molar-refractivity contribution >= 4 is 11.8 Å². The lowest BCUT2D eigenvalue weighted by molar-refractivity contribution is -0.134. The number of nitrogens with one attached hydrogen (secondary N) is 1. The molecular weight excluding hydrogens is 486 g/mol. The van der Waals surface area contributed by atoms with Gasteiger partial charge in [-0.25, -0.2) is 8.78 Å². The van der Waals surface area contributed by atoms with Crippen molar-refractivity contribution in [3.63, 3.8) is 0 Å². The summed E-state index contributed by atoms with van der Waals surface area (Å²) in [6.45, 7) is 6.59. The molecular formula is C31H34F2N2O3. The predicted molar refractivity (Wildman–Crippen MR) is 143 cm³/mol. The van der Waals surface area contributed by atoms with Crippen molar-refractivity contribution in [1.82, 2.24) is 10.2 Å². The minimum atomic E-state index is -0.753. The van der Waals surface area contributed by atoms with Crippen molar-refractivity contribution in [3.05, 3.63) is 101 Å². The summed E-state index contributed by atoms with van der Waals surface area (Å²) in [5, 5.41) is 2.82. The summed E-state index contributed by atoms with van der Waals surface area (Å²) >= 11 is 0. The van der Waals surface area contributed by atoms with E-state index < -0.39 is 12.1 Å². The third-order valence-corrected chi connectivity index (χ3v) is 6.71. The van der Waals surface area contributed by atoms with Crippen molar-refractivity contribution < 1.29 is 23.1 Å². The number of fused-ring (bicyclic) bond motifs is 1. The van der Waals surface area contributed by atoms with Crippen LogP contribution in [-0.4, -0.2) is 29.4 Å². The van der Waals surface area contributed by atoms with Crippen LogP contribution in [0.1, 0.15) is 61.9 Å². The highest BCUT2D eigenvalue weighted by Gasteiger charge is 2.33. The zero-order valence-electron chi connectivity index (χ0n) is 22.0. The topological polar surface area (TPSA) is 58.6 Å². The van der Waals surface area contributed by atoms with Gasteiger partial charge in [0.2, 0.25) is 5.91 Å². The van der Waals surface area contributed by atoms with Gasteiger partial charge in [-0.2, -0.15) is 0 Å². The fraction of sp³-hybridized carbons (Fsp3) is 0.355. The first-order valence-corrected chi connectivity index (χ1v) is 13.1. The molecule has 3 aromatic rings. The van der Waals surface area contributed by atoms with Crippen LogP contribution < -0.4 is 10.1 Å². The lowest BCUT2D eigenvalue weighted by Crippen LogP contribution is -2.41. The van der Waals surface area contributed by atoms with Gasteiger partial charge in [-0.3, -0.25) is 9.59 Å². The summed E-state index contributed by atoms with van der Waals surface area (Å²) in [5.41, 5.74) is 3.28. The molecule has 1 N–H and O–H groups in total. The van der Waals surface area contributed by atoms with Gasteiger partial charge in [-0.15, -0.1) is 0 Å². The van der Waals surface area contributed by atoms with Crippen LogP contribution in [0.3, 0.4) is 0 Å². The molecule has 0 radical (unpaired) electrons. The molecule has 0 saturated carbocycles. The zero-order valence-corrected chi connectivity index (χ0v) is 22.0. The predicted octanol–water partition coefficient (Wildman–Crippen LogP) is 5.96. The molecule has 5 nitrogen and oxygen atoms in total. The second-order valence-electron chi connectivity index (χ2n) is 10.1. The average molecular weight is 521 g/mol. The summed E-state index contributed by atoms with van der Waals surface area (Å²) in [6.07, 6.45) is 0.756. The molecule has 0 saturated heterocycles. The minimum absolute atomic E-state index is 0.0226. The standard InChI is InChI=1S/C31H34F2N2O3/c1-4-28(31(37)34-19-21-7-5-9-24(32)16-21)38-26-12-11-22-13-14-35(29(36)15-20(2)3)30(27(22)18-26)23-8-6-10-25(33)17-23/h5-12,16-18,20,28,30H,4,13-15,19H2,1-3H3,(H,34,37). The van der Waals surface area contributed by atoms with Gasteiger partial charge in [-0.05, 0) is 77.4 Å². The number of carbonyl (C=O) groups is 2. The van der Waals surface area contributed by atoms with Crippen LogP contribution in [0.4, 0.5) is 8.78 Å². The van der Waals surface area contributed by atoms with Crippen molar-refractivity contribution in [2.45, 2.75) is 58.7 Å². The number of nitrogens with zero attached hydrogens (tertiary/aromatic N) is 1. The van der Waals surface area contributed by atoms with Crippen LogP contribution in [0.15, 0.2) is 66.7 Å². The first-order chi connectivity index (χ1) is 18.2. The first kappa shape index (κ1) is 27.3. The number of amides is 2. The molecule has 0 spiro atoms. The van der Waals surface area contributed by atoms with Gasteiger partial charge in [0.15, 0.2) is 6.10 Å². The molecule has 0 fully saturated rings. The van der Waals surface area contributed by atoms with Gasteiger partial charge < -0.3 is 15.0 Å². The van der Waals surface area contributed by atoms with E-state index in [0.29, 0.717) is 42.7 Å². The summed E-state index contributed by atoms with van der Waals surface area (Å²) in [6, 6.07) is 17.6. The molecule has 2 amide bonds. The molecule has 4 rings (SSSR count). The van der Waals surface area contributed by atoms with Gasteiger partial charge in [0.1, 0.15) is 17.4 Å². The van der Waals surface area contributed by atoms with Crippen molar-refractivity contribution in [2.24, 2.45) is 5.92 Å². The Balaban J connectivity index is 1.58. The fourth-order valence-electron chi connectivity index (χ4n) is 4.87. The Morgan fingerprint density at radius 1 is 1.03 bits per heavy atom. The summed E-state index contributed by atoms with van der Waals surface area (Å²) < 4.78 is 33.8. The maximum absolute atomic E-state index is 14.2. The van der Waals surface area contributed by atoms with E-state index in [1.807, 2.05) is 49.9 Å². The number of ether oxygens (including phenoxy) is 1. The second kappa shape index (κ2) is 12.2. The highest BCUT2D eigenvalue weighted by Crippen LogP contribution is 2.38. The number of hydrogen-bond donors (Lipinski definition) is 1. The SMILES string of the molecule is CCC(Oc1ccc2c(c1)C(c1cccc(F)c1)N(C(=O)CC(C)C)CC2)C(=O)NCc1cccc(F)c1. The third kappa shape index (κ3) is 6.57. The van der Waals surface area contributed by atoms with E-state index in [-0.39, 0.29) is 35.9 Å². The average Bonchev–Trinajstić information content (AvgIpc) is 2.89. The number of rotatable bonds is 9. The largest absolute Gasteiger partial charge is 0.481 e. The fourth-order valence-corrected chi connectivity index (χ4v) is 4.87. The monoisotopic (exact) mass is 520 g/mol. The normalized spacial score (nSPS) is 15.6. The lowest BCUT2D eigenvalue weighted by Gasteiger charge is -2.38. The molecule has 3 aromatic carbocycles. The van der Waals surface area contributed by atoms with Crippen molar-refractivity contribution in [1.29, 1.82) is 0 Å². The van der Waals surface area contributed by atoms with Gasteiger partial charge in [0, 0.05) is 19.5 Å². The maximum atomic E-state index is 14.2. The van der Waals surface area contributed by atoms with Crippen LogP contribution >= 0.6 is 0 Å². The number of halogens is 2. The van der Waals surface area contributed by atoms with E-state index in [1.165, 1.54) is 24.3 Å². The van der Waals surface area contributed by atoms with Crippen molar-refractivity contribution in [3.8, 4) is 5.75 Å². The molecule has 0 aliphatic carbocycles. The Bertz CT molecular complexity index is 1290. The van der Waals surface area contributed by atoms with E-state index >= 15 is 0 Å². The van der Waals surface area contributed by atoms with E-state index in [2.05, 4.69) is 5.32 Å². The van der Waals surface area contributed by atoms with E-state index in [9.17, 15) is 18.4 Å². The Labute approximate surface area is 222 Å². The Hall–Kier alpha value is -3.74. The number of benzene rings is 3. The summed E-state index contributed by atoms with van der Waals surface area (Å²) in [5.74, 6) is -0.305. The quantitative estimate of drug-likeness (QED) is 0.379. The molecule has 0 bridgehead atoms. The van der Waals surface area contributed by atoms with E-state index in [4.69, 9.17) is 4.74 Å². The van der Waals surface area contributed by atoms with E-state index in [0.717, 1.165) is 11.1 Å². The molecule has 1 heterocycles. The van der Waals surface area contributed by atoms with Crippen LogP contribution in [-0.2, 0) is 22.6 Å². The Morgan fingerprint density at radius 3 is 2.45 bits per heavy atom. The van der Waals surface area contributed by atoms with Crippen molar-refractivity contribution in [2.75, 3.05) is 6.54 Å². The molecule has 7 heteroatoms. The highest BCUT2D eigenvalue weighted by atomic mass is 19.1. The molecule has 0 aromatic heterocycles. The number of hydrogen-bond acceptors (Lipinski definition) is 3. The number of carbonyl (C=O) groups excluding carboxylic acids is 2. The molecule has 1 aliphatic rings. The smallest absolute Gasteiger partial charge is 0.261 e. The summed E-state index contributed by atoms with van der Waals surface area (Å²) in [4.78, 5) is 27.9. The van der Waals surface area contributed by atoms with Crippen LogP contribution in [0.5, 0.6) is 5.75 Å². The molecule has 2 atom stereocenters. The maximum Gasteiger partial charge on any atom is 0.261 e. The van der Waals surface area contributed by atoms with Crippen LogP contribution in [0.2, 0.25) is 0 Å². The molecule has 200 valence electrons. The lowest BCUT2D eigenvalue weighted by atomic mass is 9.87. The third-order valence-electron chi connectivity index (χ3n) is 6.71. The van der Waals surface area contributed by atoms with E-state index in [1.54, 1.807) is 18.2 Å². The zero-order chi connectivity index (χ0) is 27.2. The molecule has 38 heavy (non-hydrogen) atoms. The van der Waals surface area contributed by atoms with Gasteiger partial charge in [0.25, 0.3) is 5.91 Å². The summed E-state index contributed by atoms with van der Waals surface area (Å²) in [7, 11) is 0. The van der Waals surface area contributed by atoms with Gasteiger partial charge in [-0.1, -0.05) is 51.1 Å². The Morgan fingerprint density at radius 2 is 1.76 bits per heavy atom. The van der Waals surface area contributed by atoms with Crippen LogP contribution in [0, 0.1) is 17.6 Å².